The Hall–Kier alpha value is -3.54. The molecule has 25 heavy (non-hydrogen) atoms. The molecule has 1 aromatic carbocycles. The predicted molar refractivity (Wildman–Crippen MR) is 89.5 cm³/mol. The van der Waals surface area contributed by atoms with Gasteiger partial charge in [-0.1, -0.05) is 0 Å². The highest BCUT2D eigenvalue weighted by Crippen LogP contribution is 2.28. The standard InChI is InChI=1S/C16H15N5O4/c1-4-20-15(22)12(8-17)10(3)14(16(20)23)19-18-13-6-5-11(21(24)25)7-9(13)2/h5-7,22H,4H2,1-3H3. The smallest absolute Gasteiger partial charge is 0.281 e. The number of benzene rings is 1. The van der Waals surface area contributed by atoms with E-state index in [0.717, 1.165) is 4.57 Å². The summed E-state index contributed by atoms with van der Waals surface area (Å²) in [5, 5.41) is 37.8. The van der Waals surface area contributed by atoms with Crippen LogP contribution in [0.2, 0.25) is 0 Å². The first-order chi connectivity index (χ1) is 11.8. The molecular formula is C16H15N5O4. The molecule has 0 fully saturated rings. The molecular weight excluding hydrogens is 326 g/mol. The summed E-state index contributed by atoms with van der Waals surface area (Å²) in [6.45, 7) is 4.95. The molecule has 2 aromatic rings. The van der Waals surface area contributed by atoms with Gasteiger partial charge in [-0.2, -0.15) is 10.4 Å². The average Bonchev–Trinajstić information content (AvgIpc) is 2.56. The summed E-state index contributed by atoms with van der Waals surface area (Å²) < 4.78 is 1.03. The van der Waals surface area contributed by atoms with E-state index in [0.29, 0.717) is 11.3 Å². The third-order valence-electron chi connectivity index (χ3n) is 3.73. The molecule has 128 valence electrons. The molecule has 1 aromatic heterocycles. The van der Waals surface area contributed by atoms with Gasteiger partial charge in [0, 0.05) is 24.2 Å². The number of aryl methyl sites for hydroxylation is 1. The van der Waals surface area contributed by atoms with Gasteiger partial charge in [0.05, 0.1) is 10.6 Å². The molecule has 1 heterocycles. The number of nitrogens with zero attached hydrogens (tertiary/aromatic N) is 5. The zero-order valence-electron chi connectivity index (χ0n) is 13.8. The Labute approximate surface area is 142 Å². The van der Waals surface area contributed by atoms with Gasteiger partial charge in [-0.15, -0.1) is 5.11 Å². The van der Waals surface area contributed by atoms with Crippen molar-refractivity contribution in [1.29, 1.82) is 5.26 Å². The minimum atomic E-state index is -0.570. The lowest BCUT2D eigenvalue weighted by atomic mass is 10.1. The molecule has 9 nitrogen and oxygen atoms in total. The lowest BCUT2D eigenvalue weighted by molar-refractivity contribution is -0.384. The monoisotopic (exact) mass is 341 g/mol. The van der Waals surface area contributed by atoms with Crippen molar-refractivity contribution in [2.45, 2.75) is 27.3 Å². The molecule has 0 aliphatic heterocycles. The Bertz CT molecular complexity index is 985. The number of hydrogen-bond donors (Lipinski definition) is 1. The SMILES string of the molecule is CCn1c(O)c(C#N)c(C)c(N=Nc2ccc([N+](=O)[O-])cc2C)c1=O. The maximum atomic E-state index is 12.4. The molecule has 0 spiro atoms. The highest BCUT2D eigenvalue weighted by molar-refractivity contribution is 5.57. The van der Waals surface area contributed by atoms with Crippen LogP contribution in [0.25, 0.3) is 0 Å². The van der Waals surface area contributed by atoms with Gasteiger partial charge in [0.25, 0.3) is 11.2 Å². The van der Waals surface area contributed by atoms with Gasteiger partial charge in [0.2, 0.25) is 5.88 Å². The van der Waals surface area contributed by atoms with Crippen molar-refractivity contribution in [3.05, 3.63) is 55.4 Å². The van der Waals surface area contributed by atoms with Crippen LogP contribution in [0.15, 0.2) is 33.2 Å². The highest BCUT2D eigenvalue weighted by atomic mass is 16.6. The van der Waals surface area contributed by atoms with Crippen molar-refractivity contribution in [2.24, 2.45) is 10.2 Å². The number of pyridine rings is 1. The van der Waals surface area contributed by atoms with Crippen LogP contribution >= 0.6 is 0 Å². The van der Waals surface area contributed by atoms with Crippen molar-refractivity contribution in [3.8, 4) is 11.9 Å². The lowest BCUT2D eigenvalue weighted by Gasteiger charge is -2.10. The maximum Gasteiger partial charge on any atom is 0.281 e. The summed E-state index contributed by atoms with van der Waals surface area (Å²) in [4.78, 5) is 22.7. The molecule has 0 aliphatic carbocycles. The number of nitriles is 1. The average molecular weight is 341 g/mol. The Morgan fingerprint density at radius 2 is 2.04 bits per heavy atom. The third-order valence-corrected chi connectivity index (χ3v) is 3.73. The molecule has 0 bridgehead atoms. The van der Waals surface area contributed by atoms with Gasteiger partial charge in [-0.05, 0) is 32.4 Å². The number of non-ortho nitro benzene ring substituents is 1. The van der Waals surface area contributed by atoms with E-state index in [2.05, 4.69) is 10.2 Å². The largest absolute Gasteiger partial charge is 0.493 e. The number of rotatable bonds is 4. The summed E-state index contributed by atoms with van der Waals surface area (Å²) in [7, 11) is 0. The second kappa shape index (κ2) is 6.92. The summed E-state index contributed by atoms with van der Waals surface area (Å²) in [6, 6.07) is 5.91. The summed E-state index contributed by atoms with van der Waals surface area (Å²) in [6.07, 6.45) is 0. The van der Waals surface area contributed by atoms with E-state index in [9.17, 15) is 25.3 Å². The van der Waals surface area contributed by atoms with Crippen LogP contribution in [0.4, 0.5) is 17.1 Å². The zero-order chi connectivity index (χ0) is 18.7. The van der Waals surface area contributed by atoms with E-state index in [4.69, 9.17) is 0 Å². The van der Waals surface area contributed by atoms with Crippen LogP contribution in [0.3, 0.4) is 0 Å². The minimum absolute atomic E-state index is 0.0455. The van der Waals surface area contributed by atoms with Crippen LogP contribution in [0.5, 0.6) is 5.88 Å². The van der Waals surface area contributed by atoms with Gasteiger partial charge in [0.1, 0.15) is 11.6 Å². The van der Waals surface area contributed by atoms with E-state index < -0.39 is 16.4 Å². The van der Waals surface area contributed by atoms with E-state index in [-0.39, 0.29) is 29.0 Å². The van der Waals surface area contributed by atoms with Gasteiger partial charge in [0.15, 0.2) is 5.69 Å². The lowest BCUT2D eigenvalue weighted by Crippen LogP contribution is -2.20. The molecule has 0 atom stereocenters. The van der Waals surface area contributed by atoms with Gasteiger partial charge in [-0.3, -0.25) is 19.5 Å². The fraction of sp³-hybridized carbons (Fsp3) is 0.250. The Kier molecular flexibility index (Phi) is 4.93. The maximum absolute atomic E-state index is 12.4. The topological polar surface area (TPSA) is 134 Å². The summed E-state index contributed by atoms with van der Waals surface area (Å²) in [5.41, 5.74) is 0.352. The quantitative estimate of drug-likeness (QED) is 0.517. The molecule has 0 amide bonds. The third kappa shape index (κ3) is 3.23. The van der Waals surface area contributed by atoms with Gasteiger partial charge < -0.3 is 5.11 Å². The molecule has 2 rings (SSSR count). The molecule has 1 N–H and O–H groups in total. The minimum Gasteiger partial charge on any atom is -0.493 e. The number of aromatic nitrogens is 1. The zero-order valence-corrected chi connectivity index (χ0v) is 13.8. The molecule has 9 heteroatoms. The van der Waals surface area contributed by atoms with Crippen LogP contribution < -0.4 is 5.56 Å². The number of nitro benzene ring substituents is 1. The normalized spacial score (nSPS) is 10.8. The van der Waals surface area contributed by atoms with Crippen molar-refractivity contribution in [3.63, 3.8) is 0 Å². The fourth-order valence-electron chi connectivity index (χ4n) is 2.32. The van der Waals surface area contributed by atoms with Crippen LogP contribution in [-0.4, -0.2) is 14.6 Å². The van der Waals surface area contributed by atoms with E-state index in [1.807, 2.05) is 6.07 Å². The van der Waals surface area contributed by atoms with Crippen LogP contribution in [0, 0.1) is 35.3 Å². The molecule has 0 radical (unpaired) electrons. The first-order valence-corrected chi connectivity index (χ1v) is 7.35. The van der Waals surface area contributed by atoms with Crippen molar-refractivity contribution < 1.29 is 10.0 Å². The molecule has 0 unspecified atom stereocenters. The first-order valence-electron chi connectivity index (χ1n) is 7.35. The van der Waals surface area contributed by atoms with Gasteiger partial charge in [-0.25, -0.2) is 0 Å². The van der Waals surface area contributed by atoms with Gasteiger partial charge >= 0.3 is 0 Å². The predicted octanol–water partition coefficient (Wildman–Crippen LogP) is 3.39. The summed E-state index contributed by atoms with van der Waals surface area (Å²) in [5.74, 6) is -0.405. The van der Waals surface area contributed by atoms with Crippen molar-refractivity contribution >= 4 is 17.1 Å². The van der Waals surface area contributed by atoms with Crippen LogP contribution in [0.1, 0.15) is 23.6 Å². The Balaban J connectivity index is 2.58. The Morgan fingerprint density at radius 3 is 2.56 bits per heavy atom. The van der Waals surface area contributed by atoms with E-state index in [1.165, 1.54) is 25.1 Å². The number of nitro groups is 1. The van der Waals surface area contributed by atoms with Crippen molar-refractivity contribution in [2.75, 3.05) is 0 Å². The second-order valence-corrected chi connectivity index (χ2v) is 5.26. The second-order valence-electron chi connectivity index (χ2n) is 5.26. The molecule has 0 saturated carbocycles. The van der Waals surface area contributed by atoms with Crippen LogP contribution in [-0.2, 0) is 6.54 Å². The highest BCUT2D eigenvalue weighted by Gasteiger charge is 2.18. The fourth-order valence-corrected chi connectivity index (χ4v) is 2.32. The first kappa shape index (κ1) is 17.8. The number of aromatic hydroxyl groups is 1. The van der Waals surface area contributed by atoms with E-state index >= 15 is 0 Å². The Morgan fingerprint density at radius 1 is 1.36 bits per heavy atom. The number of hydrogen-bond acceptors (Lipinski definition) is 7. The molecule has 0 aliphatic rings. The summed E-state index contributed by atoms with van der Waals surface area (Å²) >= 11 is 0. The van der Waals surface area contributed by atoms with E-state index in [1.54, 1.807) is 13.8 Å². The number of azo groups is 1. The van der Waals surface area contributed by atoms with Crippen molar-refractivity contribution in [1.82, 2.24) is 4.57 Å². The molecule has 0 saturated heterocycles.